The fraction of sp³-hybridized carbons (Fsp3) is 0.812. The molecule has 0 saturated carbocycles. The van der Waals surface area contributed by atoms with Crippen LogP contribution in [0.2, 0.25) is 0 Å². The fourth-order valence-electron chi connectivity index (χ4n) is 1.96. The van der Waals surface area contributed by atoms with Gasteiger partial charge in [0.2, 0.25) is 0 Å². The molecule has 0 amide bonds. The maximum Gasteiger partial charge on any atom is 0.186 e. The maximum absolute atomic E-state index is 5.08. The summed E-state index contributed by atoms with van der Waals surface area (Å²) in [7, 11) is 3.89. The summed E-state index contributed by atoms with van der Waals surface area (Å²) in [5.74, 6) is 0. The van der Waals surface area contributed by atoms with Crippen molar-refractivity contribution < 1.29 is 4.74 Å². The number of methoxy groups -OCH3 is 1. The second-order valence-electron chi connectivity index (χ2n) is 6.01. The fourth-order valence-corrected chi connectivity index (χ4v) is 3.16. The highest BCUT2D eigenvalue weighted by atomic mass is 32.1. The quantitative estimate of drug-likeness (QED) is 0.671. The average Bonchev–Trinajstić information content (AvgIpc) is 2.86. The molecule has 1 aromatic heterocycles. The lowest BCUT2D eigenvalue weighted by atomic mass is 10.0. The molecule has 1 heterocycles. The molecule has 1 aromatic rings. The van der Waals surface area contributed by atoms with Gasteiger partial charge >= 0.3 is 0 Å². The Balaban J connectivity index is 2.82. The molecule has 122 valence electrons. The molecule has 0 aliphatic heterocycles. The van der Waals surface area contributed by atoms with Crippen molar-refractivity contribution in [1.29, 1.82) is 0 Å². The zero-order chi connectivity index (χ0) is 15.9. The molecule has 0 aliphatic carbocycles. The molecule has 21 heavy (non-hydrogen) atoms. The first-order valence-corrected chi connectivity index (χ1v) is 8.70. The van der Waals surface area contributed by atoms with Gasteiger partial charge in [0.05, 0.1) is 12.3 Å². The Labute approximate surface area is 133 Å². The molecule has 1 N–H and O–H groups in total. The summed E-state index contributed by atoms with van der Waals surface area (Å²) in [6.07, 6.45) is 3.29. The van der Waals surface area contributed by atoms with Crippen LogP contribution in [0.5, 0.6) is 0 Å². The third-order valence-electron chi connectivity index (χ3n) is 4.08. The Morgan fingerprint density at radius 3 is 2.62 bits per heavy atom. The van der Waals surface area contributed by atoms with Gasteiger partial charge in [0.25, 0.3) is 0 Å². The second kappa shape index (κ2) is 8.71. The van der Waals surface area contributed by atoms with Crippen molar-refractivity contribution in [2.75, 3.05) is 32.2 Å². The molecule has 5 heteroatoms. The number of hydrogen-bond donors (Lipinski definition) is 1. The standard InChI is InChI=1S/C16H31N3OS/c1-7-9-13-14(12-17-10-11-20-6)21-15(18-13)19(5)16(3,4)8-2/h17H,7-12H2,1-6H3. The summed E-state index contributed by atoms with van der Waals surface area (Å²) in [5, 5.41) is 4.57. The number of ether oxygens (including phenoxy) is 1. The van der Waals surface area contributed by atoms with Crippen molar-refractivity contribution in [1.82, 2.24) is 10.3 Å². The van der Waals surface area contributed by atoms with E-state index in [1.165, 1.54) is 10.6 Å². The molecular weight excluding hydrogens is 282 g/mol. The third-order valence-corrected chi connectivity index (χ3v) is 5.26. The number of nitrogens with zero attached hydrogens (tertiary/aromatic N) is 2. The lowest BCUT2D eigenvalue weighted by molar-refractivity contribution is 0.199. The molecule has 0 unspecified atom stereocenters. The molecule has 0 saturated heterocycles. The highest BCUT2D eigenvalue weighted by Gasteiger charge is 2.25. The zero-order valence-corrected chi connectivity index (χ0v) is 15.3. The van der Waals surface area contributed by atoms with Gasteiger partial charge in [-0.2, -0.15) is 0 Å². The van der Waals surface area contributed by atoms with Crippen LogP contribution in [0.15, 0.2) is 0 Å². The van der Waals surface area contributed by atoms with E-state index in [1.54, 1.807) is 7.11 Å². The SMILES string of the molecule is CCCc1nc(N(C)C(C)(C)CC)sc1CNCCOC. The third kappa shape index (κ3) is 5.24. The highest BCUT2D eigenvalue weighted by molar-refractivity contribution is 7.15. The van der Waals surface area contributed by atoms with E-state index in [0.717, 1.165) is 44.1 Å². The molecule has 1 rings (SSSR count). The first-order chi connectivity index (χ1) is 9.96. The Kier molecular flexibility index (Phi) is 7.63. The molecular formula is C16H31N3OS. The number of hydrogen-bond acceptors (Lipinski definition) is 5. The number of anilines is 1. The Bertz CT molecular complexity index is 418. The van der Waals surface area contributed by atoms with Crippen LogP contribution in [0.25, 0.3) is 0 Å². The van der Waals surface area contributed by atoms with Gasteiger partial charge in [-0.1, -0.05) is 20.3 Å². The van der Waals surface area contributed by atoms with Gasteiger partial charge < -0.3 is 15.0 Å². The Morgan fingerprint density at radius 1 is 1.33 bits per heavy atom. The summed E-state index contributed by atoms with van der Waals surface area (Å²) in [6, 6.07) is 0. The number of thiazole rings is 1. The normalized spacial score (nSPS) is 11.9. The maximum atomic E-state index is 5.08. The van der Waals surface area contributed by atoms with Gasteiger partial charge in [0, 0.05) is 37.7 Å². The van der Waals surface area contributed by atoms with E-state index in [9.17, 15) is 0 Å². The van der Waals surface area contributed by atoms with Crippen LogP contribution < -0.4 is 10.2 Å². The second-order valence-corrected chi connectivity index (χ2v) is 7.07. The largest absolute Gasteiger partial charge is 0.383 e. The Morgan fingerprint density at radius 2 is 2.05 bits per heavy atom. The number of aryl methyl sites for hydroxylation is 1. The van der Waals surface area contributed by atoms with Crippen molar-refractivity contribution in [3.63, 3.8) is 0 Å². The van der Waals surface area contributed by atoms with Crippen molar-refractivity contribution in [3.8, 4) is 0 Å². The van der Waals surface area contributed by atoms with Crippen LogP contribution in [-0.4, -0.2) is 37.8 Å². The smallest absolute Gasteiger partial charge is 0.186 e. The molecule has 0 aromatic carbocycles. The zero-order valence-electron chi connectivity index (χ0n) is 14.5. The van der Waals surface area contributed by atoms with E-state index in [2.05, 4.69) is 45.0 Å². The van der Waals surface area contributed by atoms with Crippen LogP contribution in [0, 0.1) is 0 Å². The number of aromatic nitrogens is 1. The molecule has 0 radical (unpaired) electrons. The van der Waals surface area contributed by atoms with Crippen molar-refractivity contribution >= 4 is 16.5 Å². The van der Waals surface area contributed by atoms with Crippen molar-refractivity contribution in [3.05, 3.63) is 10.6 Å². The summed E-state index contributed by atoms with van der Waals surface area (Å²) in [5.41, 5.74) is 1.39. The molecule has 0 aliphatic rings. The first-order valence-electron chi connectivity index (χ1n) is 7.88. The van der Waals surface area contributed by atoms with Crippen molar-refractivity contribution in [2.45, 2.75) is 59.0 Å². The van der Waals surface area contributed by atoms with Crippen LogP contribution in [0.1, 0.15) is 51.1 Å². The Hall–Kier alpha value is -0.650. The molecule has 4 nitrogen and oxygen atoms in total. The van der Waals surface area contributed by atoms with Gasteiger partial charge in [-0.05, 0) is 26.7 Å². The topological polar surface area (TPSA) is 37.4 Å². The predicted octanol–water partition coefficient (Wildman–Crippen LogP) is 3.46. The van der Waals surface area contributed by atoms with Crippen LogP contribution in [0.4, 0.5) is 5.13 Å². The van der Waals surface area contributed by atoms with Crippen LogP contribution in [0.3, 0.4) is 0 Å². The van der Waals surface area contributed by atoms with E-state index >= 15 is 0 Å². The summed E-state index contributed by atoms with van der Waals surface area (Å²) in [6.45, 7) is 11.5. The lowest BCUT2D eigenvalue weighted by Crippen LogP contribution is -2.40. The molecule has 0 atom stereocenters. The summed E-state index contributed by atoms with van der Waals surface area (Å²) in [4.78, 5) is 8.56. The minimum atomic E-state index is 0.141. The van der Waals surface area contributed by atoms with E-state index in [4.69, 9.17) is 9.72 Å². The summed E-state index contributed by atoms with van der Waals surface area (Å²) >= 11 is 1.82. The van der Waals surface area contributed by atoms with E-state index < -0.39 is 0 Å². The van der Waals surface area contributed by atoms with Gasteiger partial charge in [0.1, 0.15) is 0 Å². The van der Waals surface area contributed by atoms with Crippen LogP contribution >= 0.6 is 11.3 Å². The molecule has 0 bridgehead atoms. The summed E-state index contributed by atoms with van der Waals surface area (Å²) < 4.78 is 5.08. The van der Waals surface area contributed by atoms with Crippen LogP contribution in [-0.2, 0) is 17.7 Å². The average molecular weight is 314 g/mol. The van der Waals surface area contributed by atoms with E-state index in [-0.39, 0.29) is 5.54 Å². The van der Waals surface area contributed by atoms with Crippen molar-refractivity contribution in [2.24, 2.45) is 0 Å². The lowest BCUT2D eigenvalue weighted by Gasteiger charge is -2.34. The van der Waals surface area contributed by atoms with Gasteiger partial charge in [-0.15, -0.1) is 11.3 Å². The van der Waals surface area contributed by atoms with Gasteiger partial charge in [-0.3, -0.25) is 0 Å². The number of rotatable bonds is 10. The van der Waals surface area contributed by atoms with E-state index in [1.807, 2.05) is 11.3 Å². The van der Waals surface area contributed by atoms with Gasteiger partial charge in [0.15, 0.2) is 5.13 Å². The first kappa shape index (κ1) is 18.4. The van der Waals surface area contributed by atoms with E-state index in [0.29, 0.717) is 0 Å². The van der Waals surface area contributed by atoms with Gasteiger partial charge in [-0.25, -0.2) is 4.98 Å². The monoisotopic (exact) mass is 313 g/mol. The molecule has 0 fully saturated rings. The molecule has 0 spiro atoms. The minimum Gasteiger partial charge on any atom is -0.383 e. The minimum absolute atomic E-state index is 0.141. The highest BCUT2D eigenvalue weighted by Crippen LogP contribution is 2.31. The number of nitrogens with one attached hydrogen (secondary N) is 1. The predicted molar refractivity (Wildman–Crippen MR) is 92.5 cm³/mol.